The second-order valence-corrected chi connectivity index (χ2v) is 7.05. The predicted octanol–water partition coefficient (Wildman–Crippen LogP) is 5.97. The summed E-state index contributed by atoms with van der Waals surface area (Å²) in [4.78, 5) is 10.9. The van der Waals surface area contributed by atoms with Crippen molar-refractivity contribution in [2.75, 3.05) is 5.01 Å². The normalized spacial score (nSPS) is 15.7. The predicted molar refractivity (Wildman–Crippen MR) is 101 cm³/mol. The van der Waals surface area contributed by atoms with Crippen LogP contribution in [-0.4, -0.2) is 12.0 Å². The molecule has 0 saturated heterocycles. The zero-order chi connectivity index (χ0) is 24.0. The zero-order valence-corrected chi connectivity index (χ0v) is 16.2. The van der Waals surface area contributed by atoms with Gasteiger partial charge in [0.1, 0.15) is 6.29 Å². The van der Waals surface area contributed by atoms with Crippen LogP contribution in [-0.2, 0) is 0 Å². The van der Waals surface area contributed by atoms with Gasteiger partial charge in [0.25, 0.3) is 0 Å². The minimum atomic E-state index is -1.81. The molecule has 0 bridgehead atoms. The molecule has 0 fully saturated rings. The van der Waals surface area contributed by atoms with Gasteiger partial charge in [-0.2, -0.15) is 5.10 Å². The van der Waals surface area contributed by atoms with Crippen molar-refractivity contribution in [2.24, 2.45) is 5.10 Å². The average molecular weight is 470 g/mol. The Hall–Kier alpha value is -3.76. The second kappa shape index (κ2) is 8.30. The second-order valence-electron chi connectivity index (χ2n) is 7.05. The molecule has 0 radical (unpaired) electrons. The van der Waals surface area contributed by atoms with Crippen LogP contribution in [0, 0.1) is 46.5 Å². The number of nitrogens with zero attached hydrogens (tertiary/aromatic N) is 2. The Morgan fingerprint density at radius 2 is 1.24 bits per heavy atom. The molecule has 0 aromatic heterocycles. The van der Waals surface area contributed by atoms with Crippen molar-refractivity contribution in [1.82, 2.24) is 0 Å². The third-order valence-corrected chi connectivity index (χ3v) is 5.08. The lowest BCUT2D eigenvalue weighted by molar-refractivity contribution is 0.112. The number of carbonyl (C=O) groups excluding carboxylic acids is 1. The van der Waals surface area contributed by atoms with Gasteiger partial charge in [0.2, 0.25) is 0 Å². The summed E-state index contributed by atoms with van der Waals surface area (Å²) in [5.74, 6) is -14.1. The minimum Gasteiger partial charge on any atom is -0.298 e. The Kier molecular flexibility index (Phi) is 5.64. The maximum Gasteiger partial charge on any atom is 0.171 e. The molecule has 3 aromatic rings. The van der Waals surface area contributed by atoms with Gasteiger partial charge in [-0.15, -0.1) is 0 Å². The van der Waals surface area contributed by atoms with Gasteiger partial charge in [-0.05, 0) is 24.3 Å². The van der Waals surface area contributed by atoms with Crippen LogP contribution in [0.15, 0.2) is 41.5 Å². The molecule has 3 aromatic carbocycles. The van der Waals surface area contributed by atoms with Gasteiger partial charge in [-0.1, -0.05) is 0 Å². The van der Waals surface area contributed by atoms with Gasteiger partial charge < -0.3 is 0 Å². The highest BCUT2D eigenvalue weighted by atomic mass is 19.2. The highest BCUT2D eigenvalue weighted by molar-refractivity contribution is 6.03. The van der Waals surface area contributed by atoms with Crippen LogP contribution in [0.25, 0.3) is 0 Å². The van der Waals surface area contributed by atoms with Crippen LogP contribution >= 0.6 is 0 Å². The van der Waals surface area contributed by atoms with E-state index in [0.29, 0.717) is 6.29 Å². The van der Waals surface area contributed by atoms with E-state index in [1.807, 2.05) is 0 Å². The highest BCUT2D eigenvalue weighted by Crippen LogP contribution is 2.40. The molecule has 1 unspecified atom stereocenters. The van der Waals surface area contributed by atoms with Gasteiger partial charge >= 0.3 is 0 Å². The molecule has 0 aliphatic carbocycles. The topological polar surface area (TPSA) is 32.7 Å². The van der Waals surface area contributed by atoms with Crippen LogP contribution in [0.2, 0.25) is 0 Å². The van der Waals surface area contributed by atoms with E-state index in [1.54, 1.807) is 0 Å². The van der Waals surface area contributed by atoms with E-state index in [-0.39, 0.29) is 23.4 Å². The number of halogens is 8. The summed E-state index contributed by atoms with van der Waals surface area (Å²) < 4.78 is 113. The third-order valence-electron chi connectivity index (χ3n) is 5.08. The van der Waals surface area contributed by atoms with Crippen LogP contribution < -0.4 is 5.01 Å². The monoisotopic (exact) mass is 470 g/mol. The molecule has 1 aliphatic heterocycles. The summed E-state index contributed by atoms with van der Waals surface area (Å²) in [6.07, 6.45) is -0.287. The Morgan fingerprint density at radius 1 is 0.758 bits per heavy atom. The van der Waals surface area contributed by atoms with Gasteiger partial charge in [-0.25, -0.2) is 35.1 Å². The molecule has 0 saturated carbocycles. The van der Waals surface area contributed by atoms with Gasteiger partial charge in [0, 0.05) is 24.1 Å². The van der Waals surface area contributed by atoms with Crippen molar-refractivity contribution < 1.29 is 39.9 Å². The molecule has 0 spiro atoms. The lowest BCUT2D eigenvalue weighted by atomic mass is 9.96. The van der Waals surface area contributed by atoms with Crippen molar-refractivity contribution in [2.45, 2.75) is 12.5 Å². The first-order valence-electron chi connectivity index (χ1n) is 9.22. The van der Waals surface area contributed by atoms with Crippen LogP contribution in [0.1, 0.15) is 33.9 Å². The summed E-state index contributed by atoms with van der Waals surface area (Å²) in [6, 6.07) is 3.29. The quantitative estimate of drug-likeness (QED) is 0.268. The fraction of sp³-hybridized carbons (Fsp3) is 0.0909. The van der Waals surface area contributed by atoms with Gasteiger partial charge in [0.05, 0.1) is 28.6 Å². The van der Waals surface area contributed by atoms with E-state index in [2.05, 4.69) is 5.10 Å². The van der Waals surface area contributed by atoms with E-state index < -0.39 is 75.8 Å². The summed E-state index contributed by atoms with van der Waals surface area (Å²) in [5.41, 5.74) is -2.86. The maximum absolute atomic E-state index is 14.5. The number of rotatable bonds is 4. The summed E-state index contributed by atoms with van der Waals surface area (Å²) >= 11 is 0. The Morgan fingerprint density at radius 3 is 1.73 bits per heavy atom. The highest BCUT2D eigenvalue weighted by Gasteiger charge is 2.38. The van der Waals surface area contributed by atoms with Crippen molar-refractivity contribution in [1.29, 1.82) is 0 Å². The van der Waals surface area contributed by atoms with E-state index in [0.717, 1.165) is 5.01 Å². The average Bonchev–Trinajstić information content (AvgIpc) is 3.21. The van der Waals surface area contributed by atoms with E-state index >= 15 is 0 Å². The Balaban J connectivity index is 1.93. The molecule has 1 heterocycles. The molecule has 170 valence electrons. The first-order chi connectivity index (χ1) is 15.6. The smallest absolute Gasteiger partial charge is 0.171 e. The van der Waals surface area contributed by atoms with E-state index in [9.17, 15) is 39.9 Å². The zero-order valence-electron chi connectivity index (χ0n) is 16.2. The van der Waals surface area contributed by atoms with E-state index in [4.69, 9.17) is 0 Å². The summed E-state index contributed by atoms with van der Waals surface area (Å²) in [7, 11) is 0. The SMILES string of the molecule is O=Cc1ccc(N2N=C(c3c(F)c(F)cc(F)c3F)CC2c2c(F)c(F)cc(F)c2F)cc1. The summed E-state index contributed by atoms with van der Waals surface area (Å²) in [5, 5.41) is 4.64. The number of hydrogen-bond donors (Lipinski definition) is 0. The molecular formula is C22H10F8N2O. The number of hydrazone groups is 1. The first kappa shape index (κ1) is 22.4. The number of anilines is 1. The maximum atomic E-state index is 14.5. The van der Waals surface area contributed by atoms with Crippen LogP contribution in [0.3, 0.4) is 0 Å². The molecule has 3 nitrogen and oxygen atoms in total. The van der Waals surface area contributed by atoms with Crippen molar-refractivity contribution >= 4 is 17.7 Å². The lowest BCUT2D eigenvalue weighted by Gasteiger charge is -2.25. The van der Waals surface area contributed by atoms with Crippen LogP contribution in [0.5, 0.6) is 0 Å². The molecular weight excluding hydrogens is 460 g/mol. The Bertz CT molecular complexity index is 1250. The van der Waals surface area contributed by atoms with Crippen molar-refractivity contribution in [3.05, 3.63) is 99.6 Å². The Labute approximate surface area is 180 Å². The number of carbonyl (C=O) groups is 1. The molecule has 1 atom stereocenters. The number of benzene rings is 3. The largest absolute Gasteiger partial charge is 0.298 e. The minimum absolute atomic E-state index is 0.00163. The van der Waals surface area contributed by atoms with Gasteiger partial charge in [0.15, 0.2) is 46.5 Å². The molecule has 0 N–H and O–H groups in total. The fourth-order valence-electron chi connectivity index (χ4n) is 3.54. The van der Waals surface area contributed by atoms with E-state index in [1.165, 1.54) is 24.3 Å². The van der Waals surface area contributed by atoms with Gasteiger partial charge in [-0.3, -0.25) is 9.80 Å². The van der Waals surface area contributed by atoms with Crippen LogP contribution in [0.4, 0.5) is 40.8 Å². The summed E-state index contributed by atoms with van der Waals surface area (Å²) in [6.45, 7) is 0. The molecule has 33 heavy (non-hydrogen) atoms. The van der Waals surface area contributed by atoms with Crippen molar-refractivity contribution in [3.63, 3.8) is 0 Å². The molecule has 0 amide bonds. The standard InChI is InChI=1S/C22H10F8N2O/c23-11-5-12(24)20(28)17(19(11)27)15-7-16(18-21(29)13(25)6-14(26)22(18)30)32(31-15)10-3-1-9(8-33)2-4-10/h1-6,8,16H,7H2. The molecule has 11 heteroatoms. The molecule has 1 aliphatic rings. The fourth-order valence-corrected chi connectivity index (χ4v) is 3.54. The first-order valence-corrected chi connectivity index (χ1v) is 9.22. The number of hydrogen-bond acceptors (Lipinski definition) is 3. The third kappa shape index (κ3) is 3.73. The van der Waals surface area contributed by atoms with Crippen molar-refractivity contribution in [3.8, 4) is 0 Å². The molecule has 4 rings (SSSR count). The number of aldehydes is 1. The lowest BCUT2D eigenvalue weighted by Crippen LogP contribution is -2.22.